The lowest BCUT2D eigenvalue weighted by Crippen LogP contribution is -2.30. The average molecular weight is 455 g/mol. The third-order valence-corrected chi connectivity index (χ3v) is 7.61. The van der Waals surface area contributed by atoms with Crippen molar-refractivity contribution in [2.45, 2.75) is 57.3 Å². The van der Waals surface area contributed by atoms with Gasteiger partial charge in [0, 0.05) is 0 Å². The van der Waals surface area contributed by atoms with E-state index < -0.39 is 17.5 Å². The van der Waals surface area contributed by atoms with Crippen LogP contribution in [0, 0.1) is 35.2 Å². The fraction of sp³-hybridized carbons (Fsp3) is 0.448. The lowest BCUT2D eigenvalue weighted by molar-refractivity contribution is 0.115. The molecule has 4 unspecified atom stereocenters. The number of halogens is 3. The number of rotatable bonds is 8. The van der Waals surface area contributed by atoms with E-state index >= 15 is 8.78 Å². The van der Waals surface area contributed by atoms with E-state index in [9.17, 15) is 4.39 Å². The van der Waals surface area contributed by atoms with Gasteiger partial charge < -0.3 is 4.74 Å². The van der Waals surface area contributed by atoms with E-state index in [1.54, 1.807) is 0 Å². The molecule has 176 valence electrons. The van der Waals surface area contributed by atoms with E-state index in [-0.39, 0.29) is 29.4 Å². The van der Waals surface area contributed by atoms with E-state index in [0.717, 1.165) is 49.1 Å². The molecule has 2 aliphatic rings. The zero-order valence-corrected chi connectivity index (χ0v) is 19.2. The molecule has 2 fully saturated rings. The molecular formula is C29H33F3O. The highest BCUT2D eigenvalue weighted by molar-refractivity contribution is 5.66. The van der Waals surface area contributed by atoms with Crippen molar-refractivity contribution < 1.29 is 17.9 Å². The second kappa shape index (κ2) is 10.6. The summed E-state index contributed by atoms with van der Waals surface area (Å²) in [5.41, 5.74) is 0.707. The van der Waals surface area contributed by atoms with Crippen molar-refractivity contribution in [2.24, 2.45) is 17.8 Å². The van der Waals surface area contributed by atoms with Crippen LogP contribution in [-0.4, -0.2) is 6.61 Å². The molecule has 0 amide bonds. The van der Waals surface area contributed by atoms with E-state index in [2.05, 4.69) is 13.2 Å². The maximum absolute atomic E-state index is 15.1. The quantitative estimate of drug-likeness (QED) is 0.363. The maximum Gasteiger partial charge on any atom is 0.165 e. The van der Waals surface area contributed by atoms with Crippen LogP contribution in [0.4, 0.5) is 13.2 Å². The number of hydrogen-bond donors (Lipinski definition) is 0. The Hall–Kier alpha value is -2.49. The van der Waals surface area contributed by atoms with Crippen molar-refractivity contribution >= 4 is 0 Å². The molecular weight excluding hydrogens is 421 g/mol. The van der Waals surface area contributed by atoms with Crippen LogP contribution < -0.4 is 4.74 Å². The van der Waals surface area contributed by atoms with E-state index in [1.165, 1.54) is 56.0 Å². The Bertz CT molecular complexity index is 975. The Morgan fingerprint density at radius 3 is 2.27 bits per heavy atom. The first-order valence-corrected chi connectivity index (χ1v) is 12.1. The zero-order chi connectivity index (χ0) is 23.4. The topological polar surface area (TPSA) is 9.23 Å². The minimum atomic E-state index is -0.653. The minimum absolute atomic E-state index is 0.0343. The van der Waals surface area contributed by atoms with Gasteiger partial charge in [-0.2, -0.15) is 0 Å². The third kappa shape index (κ3) is 5.37. The van der Waals surface area contributed by atoms with E-state index in [1.807, 2.05) is 6.08 Å². The number of fused-ring (bicyclic) bond motifs is 1. The van der Waals surface area contributed by atoms with E-state index in [4.69, 9.17) is 4.74 Å². The van der Waals surface area contributed by atoms with Crippen LogP contribution in [0.2, 0.25) is 0 Å². The van der Waals surface area contributed by atoms with Crippen LogP contribution in [0.1, 0.15) is 62.8 Å². The molecule has 0 aromatic heterocycles. The fourth-order valence-electron chi connectivity index (χ4n) is 5.93. The summed E-state index contributed by atoms with van der Waals surface area (Å²) in [7, 11) is 0. The maximum atomic E-state index is 15.1. The van der Waals surface area contributed by atoms with Crippen molar-refractivity contribution in [3.63, 3.8) is 0 Å². The second-order valence-corrected chi connectivity index (χ2v) is 9.68. The summed E-state index contributed by atoms with van der Waals surface area (Å²) in [5, 5.41) is 0. The van der Waals surface area contributed by atoms with Crippen LogP contribution in [0.15, 0.2) is 55.6 Å². The molecule has 0 N–H and O–H groups in total. The number of ether oxygens (including phenoxy) is 1. The van der Waals surface area contributed by atoms with Crippen molar-refractivity contribution in [3.8, 4) is 16.9 Å². The van der Waals surface area contributed by atoms with Crippen molar-refractivity contribution in [2.75, 3.05) is 6.61 Å². The molecule has 0 radical (unpaired) electrons. The first-order chi connectivity index (χ1) is 16.0. The Kier molecular flexibility index (Phi) is 7.62. The number of hydrogen-bond acceptors (Lipinski definition) is 1. The van der Waals surface area contributed by atoms with Gasteiger partial charge in [-0.1, -0.05) is 31.2 Å². The molecule has 2 aliphatic carbocycles. The minimum Gasteiger partial charge on any atom is -0.486 e. The normalized spacial score (nSPS) is 24.7. The Morgan fingerprint density at radius 2 is 1.58 bits per heavy atom. The molecule has 0 spiro atoms. The van der Waals surface area contributed by atoms with Gasteiger partial charge in [-0.3, -0.25) is 0 Å². The van der Waals surface area contributed by atoms with Crippen molar-refractivity contribution in [1.82, 2.24) is 0 Å². The molecule has 33 heavy (non-hydrogen) atoms. The summed E-state index contributed by atoms with van der Waals surface area (Å²) in [6, 6.07) is 6.92. The predicted octanol–water partition coefficient (Wildman–Crippen LogP) is 8.60. The smallest absolute Gasteiger partial charge is 0.165 e. The predicted molar refractivity (Wildman–Crippen MR) is 128 cm³/mol. The molecule has 4 rings (SSSR count). The molecule has 0 saturated heterocycles. The highest BCUT2D eigenvalue weighted by Crippen LogP contribution is 2.48. The van der Waals surface area contributed by atoms with Crippen LogP contribution in [0.25, 0.3) is 11.1 Å². The van der Waals surface area contributed by atoms with Crippen LogP contribution in [0.3, 0.4) is 0 Å². The Labute approximate surface area is 195 Å². The highest BCUT2D eigenvalue weighted by atomic mass is 19.1. The third-order valence-electron chi connectivity index (χ3n) is 7.61. The second-order valence-electron chi connectivity index (χ2n) is 9.68. The first-order valence-electron chi connectivity index (χ1n) is 12.1. The number of benzene rings is 2. The van der Waals surface area contributed by atoms with Gasteiger partial charge in [0.05, 0.1) is 5.56 Å². The number of allylic oxidation sites excluding steroid dienone is 1. The molecule has 4 atom stereocenters. The monoisotopic (exact) mass is 454 g/mol. The van der Waals surface area contributed by atoms with Crippen molar-refractivity contribution in [1.29, 1.82) is 0 Å². The van der Waals surface area contributed by atoms with Gasteiger partial charge in [0.1, 0.15) is 18.2 Å². The summed E-state index contributed by atoms with van der Waals surface area (Å²) >= 11 is 0. The highest BCUT2D eigenvalue weighted by Gasteiger charge is 2.36. The van der Waals surface area contributed by atoms with Crippen LogP contribution in [0.5, 0.6) is 5.75 Å². The molecule has 2 aromatic rings. The lowest BCUT2D eigenvalue weighted by atomic mass is 9.63. The van der Waals surface area contributed by atoms with Gasteiger partial charge in [0.25, 0.3) is 0 Å². The summed E-state index contributed by atoms with van der Waals surface area (Å²) in [6.45, 7) is 7.53. The van der Waals surface area contributed by atoms with Gasteiger partial charge in [-0.25, -0.2) is 13.2 Å². The average Bonchev–Trinajstić information content (AvgIpc) is 2.81. The molecule has 2 aromatic carbocycles. The molecule has 4 heteroatoms. The molecule has 0 heterocycles. The summed E-state index contributed by atoms with van der Waals surface area (Å²) in [6.07, 6.45) is 12.7. The molecule has 0 aliphatic heterocycles. The van der Waals surface area contributed by atoms with Gasteiger partial charge >= 0.3 is 0 Å². The van der Waals surface area contributed by atoms with Crippen LogP contribution >= 0.6 is 0 Å². The van der Waals surface area contributed by atoms with Crippen molar-refractivity contribution in [3.05, 3.63) is 78.7 Å². The Balaban J connectivity index is 1.48. The zero-order valence-electron chi connectivity index (χ0n) is 19.2. The largest absolute Gasteiger partial charge is 0.486 e. The first kappa shape index (κ1) is 23.7. The van der Waals surface area contributed by atoms with Gasteiger partial charge in [-0.15, -0.1) is 6.58 Å². The van der Waals surface area contributed by atoms with Crippen LogP contribution in [-0.2, 0) is 0 Å². The summed E-state index contributed by atoms with van der Waals surface area (Å²) in [5.74, 6) is 0.463. The molecule has 2 saturated carbocycles. The van der Waals surface area contributed by atoms with Gasteiger partial charge in [0.15, 0.2) is 11.6 Å². The standard InChI is InChI=1S/C29H33F3O/c1-3-5-6-19-7-8-21-15-22(10-9-20(21)14-19)24-17-26(31)29(27(32)18-24)23-11-12-28(25(30)16-23)33-13-4-2/h3-4,11-12,16-22H,1-2,5-10,13-15H2. The summed E-state index contributed by atoms with van der Waals surface area (Å²) in [4.78, 5) is 0. The summed E-state index contributed by atoms with van der Waals surface area (Å²) < 4.78 is 49.7. The van der Waals surface area contributed by atoms with Gasteiger partial charge in [0.2, 0.25) is 0 Å². The SMILES string of the molecule is C=CCCC1CCC2CC(c3cc(F)c(-c4ccc(OCC=C)c(F)c4)c(F)c3)CCC2C1. The molecule has 1 nitrogen and oxygen atoms in total. The van der Waals surface area contributed by atoms with E-state index in [0.29, 0.717) is 5.92 Å². The van der Waals surface area contributed by atoms with Gasteiger partial charge in [-0.05, 0) is 104 Å². The Morgan fingerprint density at radius 1 is 0.848 bits per heavy atom. The fourth-order valence-corrected chi connectivity index (χ4v) is 5.93. The molecule has 0 bridgehead atoms. The lowest BCUT2D eigenvalue weighted by Gasteiger charge is -2.42.